The number of carbonyl (C=O) groups is 1. The smallest absolute Gasteiger partial charge is 0.273 e. The van der Waals surface area contributed by atoms with E-state index in [1.807, 2.05) is 26.0 Å². The van der Waals surface area contributed by atoms with Gasteiger partial charge in [-0.25, -0.2) is 0 Å². The summed E-state index contributed by atoms with van der Waals surface area (Å²) in [5.41, 5.74) is 2.50. The number of hydrogen-bond acceptors (Lipinski definition) is 4. The van der Waals surface area contributed by atoms with Gasteiger partial charge in [0, 0.05) is 24.8 Å². The summed E-state index contributed by atoms with van der Waals surface area (Å²) < 4.78 is 6.67. The van der Waals surface area contributed by atoms with Crippen LogP contribution in [0.5, 0.6) is 5.88 Å². The minimum atomic E-state index is -0.275. The maximum Gasteiger partial charge on any atom is 0.273 e. The first-order valence-corrected chi connectivity index (χ1v) is 7.43. The molecular formula is C16H22N4O3. The summed E-state index contributed by atoms with van der Waals surface area (Å²) >= 11 is 0. The first-order valence-electron chi connectivity index (χ1n) is 7.43. The summed E-state index contributed by atoms with van der Waals surface area (Å²) in [5.74, 6) is 0.181. The van der Waals surface area contributed by atoms with Crippen LogP contribution in [0.3, 0.4) is 0 Å². The molecule has 0 bridgehead atoms. The Balaban J connectivity index is 2.18. The number of aromatic amines is 1. The summed E-state index contributed by atoms with van der Waals surface area (Å²) in [4.78, 5) is 24.3. The molecule has 23 heavy (non-hydrogen) atoms. The topological polar surface area (TPSA) is 88.2 Å². The van der Waals surface area contributed by atoms with Crippen molar-refractivity contribution in [2.24, 2.45) is 7.05 Å². The highest BCUT2D eigenvalue weighted by molar-refractivity contribution is 5.97. The van der Waals surface area contributed by atoms with Gasteiger partial charge in [-0.05, 0) is 31.5 Å². The van der Waals surface area contributed by atoms with Gasteiger partial charge in [-0.1, -0.05) is 6.07 Å². The molecule has 7 nitrogen and oxygen atoms in total. The molecule has 1 aromatic heterocycles. The zero-order valence-electron chi connectivity index (χ0n) is 13.8. The summed E-state index contributed by atoms with van der Waals surface area (Å²) in [6.07, 6.45) is 0. The second kappa shape index (κ2) is 7.04. The van der Waals surface area contributed by atoms with E-state index >= 15 is 0 Å². The number of anilines is 1. The minimum Gasteiger partial charge on any atom is -0.481 e. The monoisotopic (exact) mass is 318 g/mol. The number of amides is 1. The Kier molecular flexibility index (Phi) is 5.10. The van der Waals surface area contributed by atoms with Gasteiger partial charge in [-0.15, -0.1) is 0 Å². The molecule has 2 rings (SSSR count). The highest BCUT2D eigenvalue weighted by Crippen LogP contribution is 2.19. The average Bonchev–Trinajstić information content (AvgIpc) is 2.80. The zero-order chi connectivity index (χ0) is 17.0. The molecule has 3 N–H and O–H groups in total. The lowest BCUT2D eigenvalue weighted by atomic mass is 10.1. The normalized spacial score (nSPS) is 10.4. The molecule has 0 spiro atoms. The molecule has 0 saturated carbocycles. The van der Waals surface area contributed by atoms with Crippen LogP contribution in [-0.2, 0) is 13.6 Å². The fourth-order valence-corrected chi connectivity index (χ4v) is 2.51. The van der Waals surface area contributed by atoms with Gasteiger partial charge in [-0.2, -0.15) is 0 Å². The molecule has 1 amide bonds. The molecule has 0 atom stereocenters. The van der Waals surface area contributed by atoms with Crippen molar-refractivity contribution in [3.8, 4) is 5.88 Å². The van der Waals surface area contributed by atoms with Crippen LogP contribution < -0.4 is 20.9 Å². The minimum absolute atomic E-state index is 0.100. The SMILES string of the molecule is CCNc1cccc(C(=O)NCc2c(OC)n(C)[nH]c2=O)c1C. The number of rotatable bonds is 6. The number of aryl methyl sites for hydroxylation is 1. The van der Waals surface area contributed by atoms with E-state index < -0.39 is 0 Å². The predicted octanol–water partition coefficient (Wildman–Crippen LogP) is 1.39. The van der Waals surface area contributed by atoms with Gasteiger partial charge in [0.05, 0.1) is 19.2 Å². The number of ether oxygens (including phenoxy) is 1. The highest BCUT2D eigenvalue weighted by atomic mass is 16.5. The molecule has 2 aromatic rings. The van der Waals surface area contributed by atoms with Crippen LogP contribution in [-0.4, -0.2) is 29.3 Å². The number of aromatic nitrogens is 2. The van der Waals surface area contributed by atoms with Crippen LogP contribution in [0, 0.1) is 6.92 Å². The van der Waals surface area contributed by atoms with Gasteiger partial charge < -0.3 is 15.4 Å². The second-order valence-electron chi connectivity index (χ2n) is 5.18. The molecule has 124 valence electrons. The summed E-state index contributed by atoms with van der Waals surface area (Å²) in [7, 11) is 3.16. The lowest BCUT2D eigenvalue weighted by Gasteiger charge is -2.12. The number of hydrogen-bond donors (Lipinski definition) is 3. The van der Waals surface area contributed by atoms with Crippen molar-refractivity contribution in [1.29, 1.82) is 0 Å². The number of carbonyl (C=O) groups excluding carboxylic acids is 1. The molecule has 0 unspecified atom stereocenters. The van der Waals surface area contributed by atoms with Gasteiger partial charge in [-0.3, -0.25) is 19.4 Å². The lowest BCUT2D eigenvalue weighted by molar-refractivity contribution is 0.0950. The molecule has 0 aliphatic rings. The van der Waals surface area contributed by atoms with Crippen LogP contribution >= 0.6 is 0 Å². The average molecular weight is 318 g/mol. The zero-order valence-corrected chi connectivity index (χ0v) is 13.8. The number of methoxy groups -OCH3 is 1. The van der Waals surface area contributed by atoms with Gasteiger partial charge in [0.1, 0.15) is 0 Å². The second-order valence-corrected chi connectivity index (χ2v) is 5.18. The fraction of sp³-hybridized carbons (Fsp3) is 0.375. The van der Waals surface area contributed by atoms with Crippen LogP contribution in [0.25, 0.3) is 0 Å². The Hall–Kier alpha value is -2.70. The Bertz CT molecular complexity index is 761. The van der Waals surface area contributed by atoms with E-state index in [4.69, 9.17) is 4.74 Å². The maximum atomic E-state index is 12.4. The Morgan fingerprint density at radius 1 is 1.39 bits per heavy atom. The van der Waals surface area contributed by atoms with Crippen LogP contribution in [0.15, 0.2) is 23.0 Å². The highest BCUT2D eigenvalue weighted by Gasteiger charge is 2.16. The Morgan fingerprint density at radius 2 is 2.13 bits per heavy atom. The van der Waals surface area contributed by atoms with Gasteiger partial charge in [0.25, 0.3) is 11.5 Å². The van der Waals surface area contributed by atoms with Crippen molar-refractivity contribution in [3.05, 3.63) is 45.2 Å². The third-order valence-electron chi connectivity index (χ3n) is 3.67. The van der Waals surface area contributed by atoms with E-state index in [-0.39, 0.29) is 18.0 Å². The number of benzene rings is 1. The Morgan fingerprint density at radius 3 is 2.78 bits per heavy atom. The third-order valence-corrected chi connectivity index (χ3v) is 3.67. The van der Waals surface area contributed by atoms with E-state index in [2.05, 4.69) is 15.7 Å². The molecular weight excluding hydrogens is 296 g/mol. The van der Waals surface area contributed by atoms with Crippen LogP contribution in [0.1, 0.15) is 28.4 Å². The van der Waals surface area contributed by atoms with E-state index in [1.54, 1.807) is 13.1 Å². The molecule has 0 fully saturated rings. The van der Waals surface area contributed by atoms with Crippen molar-refractivity contribution in [2.45, 2.75) is 20.4 Å². The largest absolute Gasteiger partial charge is 0.481 e. The van der Waals surface area contributed by atoms with E-state index in [9.17, 15) is 9.59 Å². The van der Waals surface area contributed by atoms with Crippen LogP contribution in [0.4, 0.5) is 5.69 Å². The standard InChI is InChI=1S/C16H22N4O3/c1-5-17-13-8-6-7-11(10(13)2)14(21)18-9-12-15(22)19-20(3)16(12)23-4/h6-8,17H,5,9H2,1-4H3,(H,18,21)(H,19,22). The maximum absolute atomic E-state index is 12.4. The van der Waals surface area contributed by atoms with Crippen molar-refractivity contribution in [1.82, 2.24) is 15.1 Å². The molecule has 0 radical (unpaired) electrons. The van der Waals surface area contributed by atoms with Crippen LogP contribution in [0.2, 0.25) is 0 Å². The fourth-order valence-electron chi connectivity index (χ4n) is 2.51. The van der Waals surface area contributed by atoms with E-state index in [0.717, 1.165) is 17.8 Å². The van der Waals surface area contributed by atoms with Gasteiger partial charge in [0.15, 0.2) is 0 Å². The predicted molar refractivity (Wildman–Crippen MR) is 89.1 cm³/mol. The lowest BCUT2D eigenvalue weighted by Crippen LogP contribution is -2.26. The number of nitrogens with one attached hydrogen (secondary N) is 3. The molecule has 7 heteroatoms. The van der Waals surface area contributed by atoms with Crippen molar-refractivity contribution in [2.75, 3.05) is 19.0 Å². The van der Waals surface area contributed by atoms with Gasteiger partial charge >= 0.3 is 0 Å². The third kappa shape index (κ3) is 3.39. The first kappa shape index (κ1) is 16.7. The quantitative estimate of drug-likeness (QED) is 0.751. The molecule has 0 aliphatic carbocycles. The van der Waals surface area contributed by atoms with Crippen molar-refractivity contribution in [3.63, 3.8) is 0 Å². The van der Waals surface area contributed by atoms with Crippen molar-refractivity contribution >= 4 is 11.6 Å². The summed E-state index contributed by atoms with van der Waals surface area (Å²) in [6, 6.07) is 5.52. The summed E-state index contributed by atoms with van der Waals surface area (Å²) in [5, 5.41) is 8.59. The Labute approximate surface area is 134 Å². The number of H-pyrrole nitrogens is 1. The number of nitrogens with zero attached hydrogens (tertiary/aromatic N) is 1. The van der Waals surface area contributed by atoms with E-state index in [0.29, 0.717) is 17.0 Å². The molecule has 0 aliphatic heterocycles. The molecule has 0 saturated heterocycles. The van der Waals surface area contributed by atoms with Gasteiger partial charge in [0.2, 0.25) is 5.88 Å². The summed E-state index contributed by atoms with van der Waals surface area (Å²) in [6.45, 7) is 4.77. The van der Waals surface area contributed by atoms with E-state index in [1.165, 1.54) is 11.8 Å². The first-order chi connectivity index (χ1) is 11.0. The molecule has 1 heterocycles. The molecule has 1 aromatic carbocycles. The van der Waals surface area contributed by atoms with Crippen molar-refractivity contribution < 1.29 is 9.53 Å².